The Bertz CT molecular complexity index is 470. The second-order valence-electron chi connectivity index (χ2n) is 2.93. The summed E-state index contributed by atoms with van der Waals surface area (Å²) in [6, 6.07) is 3.20. The lowest BCUT2D eigenvalue weighted by molar-refractivity contribution is -0.113. The van der Waals surface area contributed by atoms with Crippen molar-refractivity contribution in [1.82, 2.24) is 4.98 Å². The smallest absolute Gasteiger partial charge is 0.337 e. The van der Waals surface area contributed by atoms with Gasteiger partial charge < -0.3 is 10.4 Å². The van der Waals surface area contributed by atoms with Gasteiger partial charge >= 0.3 is 5.97 Å². The van der Waals surface area contributed by atoms with E-state index in [2.05, 4.69) is 10.3 Å². The molecule has 7 heteroatoms. The number of rotatable bonds is 5. The van der Waals surface area contributed by atoms with Crippen molar-refractivity contribution in [3.63, 3.8) is 0 Å². The predicted molar refractivity (Wildman–Crippen MR) is 62.8 cm³/mol. The van der Waals surface area contributed by atoms with Crippen molar-refractivity contribution in [2.45, 2.75) is 0 Å². The quantitative estimate of drug-likeness (QED) is 0.756. The van der Waals surface area contributed by atoms with Crippen LogP contribution in [-0.2, 0) is 4.79 Å². The van der Waals surface area contributed by atoms with Crippen molar-refractivity contribution in [3.05, 3.63) is 24.0 Å². The molecular formula is C10H9N3O3S. The summed E-state index contributed by atoms with van der Waals surface area (Å²) >= 11 is 1.15. The zero-order valence-corrected chi connectivity index (χ0v) is 9.53. The summed E-state index contributed by atoms with van der Waals surface area (Å²) in [6.45, 7) is 0. The lowest BCUT2D eigenvalue weighted by Crippen LogP contribution is -2.17. The van der Waals surface area contributed by atoms with E-state index in [1.54, 1.807) is 0 Å². The molecule has 0 unspecified atom stereocenters. The normalized spacial score (nSPS) is 9.35. The van der Waals surface area contributed by atoms with Gasteiger partial charge in [0.2, 0.25) is 5.91 Å². The topological polar surface area (TPSA) is 103 Å². The average Bonchev–Trinajstić information content (AvgIpc) is 2.29. The number of nitrogens with zero attached hydrogens (tertiary/aromatic N) is 2. The Kier molecular flexibility index (Phi) is 4.97. The number of nitrogens with one attached hydrogen (secondary N) is 1. The highest BCUT2D eigenvalue weighted by atomic mass is 32.2. The molecule has 1 aromatic rings. The summed E-state index contributed by atoms with van der Waals surface area (Å²) < 4.78 is 0. The molecule has 6 nitrogen and oxygen atoms in total. The Morgan fingerprint density at radius 3 is 3.00 bits per heavy atom. The zero-order valence-electron chi connectivity index (χ0n) is 8.71. The van der Waals surface area contributed by atoms with Crippen molar-refractivity contribution in [2.75, 3.05) is 16.8 Å². The molecule has 2 N–H and O–H groups in total. The Morgan fingerprint density at radius 1 is 1.59 bits per heavy atom. The third-order valence-corrected chi connectivity index (χ3v) is 2.52. The third kappa shape index (κ3) is 4.12. The molecule has 0 saturated carbocycles. The van der Waals surface area contributed by atoms with Crippen LogP contribution in [0.1, 0.15) is 10.4 Å². The highest BCUT2D eigenvalue weighted by Gasteiger charge is 2.11. The number of pyridine rings is 1. The fraction of sp³-hybridized carbons (Fsp3) is 0.200. The molecule has 0 saturated heterocycles. The van der Waals surface area contributed by atoms with Gasteiger partial charge in [-0.05, 0) is 6.07 Å². The second-order valence-corrected chi connectivity index (χ2v) is 3.91. The summed E-state index contributed by atoms with van der Waals surface area (Å²) in [5.41, 5.74) is 0.140. The van der Waals surface area contributed by atoms with E-state index in [1.807, 2.05) is 6.07 Å². The monoisotopic (exact) mass is 251 g/mol. The van der Waals surface area contributed by atoms with Gasteiger partial charge in [-0.2, -0.15) is 5.26 Å². The van der Waals surface area contributed by atoms with E-state index in [1.165, 1.54) is 18.5 Å². The first-order valence-electron chi connectivity index (χ1n) is 4.57. The molecule has 0 bridgehead atoms. The van der Waals surface area contributed by atoms with E-state index in [0.29, 0.717) is 0 Å². The molecular weight excluding hydrogens is 242 g/mol. The summed E-state index contributed by atoms with van der Waals surface area (Å²) in [4.78, 5) is 26.0. The van der Waals surface area contributed by atoms with Crippen molar-refractivity contribution in [3.8, 4) is 6.07 Å². The van der Waals surface area contributed by atoms with Gasteiger partial charge in [0.1, 0.15) is 0 Å². The molecule has 1 aromatic heterocycles. The number of carbonyl (C=O) groups is 2. The molecule has 0 fully saturated rings. The molecule has 0 aliphatic heterocycles. The average molecular weight is 251 g/mol. The maximum atomic E-state index is 11.4. The van der Waals surface area contributed by atoms with Gasteiger partial charge in [-0.15, -0.1) is 11.8 Å². The summed E-state index contributed by atoms with van der Waals surface area (Å²) in [5.74, 6) is -1.18. The van der Waals surface area contributed by atoms with Gasteiger partial charge in [-0.1, -0.05) is 0 Å². The van der Waals surface area contributed by atoms with Gasteiger partial charge in [-0.25, -0.2) is 4.79 Å². The number of aromatic carboxylic acids is 1. The van der Waals surface area contributed by atoms with Crippen molar-refractivity contribution < 1.29 is 14.7 Å². The molecule has 1 heterocycles. The second kappa shape index (κ2) is 6.50. The summed E-state index contributed by atoms with van der Waals surface area (Å²) in [5, 5.41) is 19.6. The van der Waals surface area contributed by atoms with Crippen molar-refractivity contribution >= 4 is 29.3 Å². The summed E-state index contributed by atoms with van der Waals surface area (Å²) in [7, 11) is 0. The van der Waals surface area contributed by atoms with Crippen molar-refractivity contribution in [2.24, 2.45) is 0 Å². The maximum Gasteiger partial charge on any atom is 0.337 e. The van der Waals surface area contributed by atoms with Gasteiger partial charge in [0.05, 0.1) is 35.0 Å². The summed E-state index contributed by atoms with van der Waals surface area (Å²) in [6.07, 6.45) is 2.61. The maximum absolute atomic E-state index is 11.4. The Morgan fingerprint density at radius 2 is 2.35 bits per heavy atom. The largest absolute Gasteiger partial charge is 0.478 e. The SMILES string of the molecule is N#CCSCC(=O)Nc1cnccc1C(=O)O. The number of amides is 1. The number of hydrogen-bond acceptors (Lipinski definition) is 5. The standard InChI is InChI=1S/C10H9N3O3S/c11-2-4-17-6-9(14)13-8-5-12-3-1-7(8)10(15)16/h1,3,5H,4,6H2,(H,13,14)(H,15,16). The van der Waals surface area contributed by atoms with Crippen LogP contribution in [0.15, 0.2) is 18.5 Å². The first-order chi connectivity index (χ1) is 8.15. The minimum absolute atomic E-state index is 0.0152. The Balaban J connectivity index is 2.65. The van der Waals surface area contributed by atoms with Crippen LogP contribution in [0.2, 0.25) is 0 Å². The fourth-order valence-electron chi connectivity index (χ4n) is 1.06. The van der Waals surface area contributed by atoms with Crippen molar-refractivity contribution in [1.29, 1.82) is 5.26 Å². The predicted octanol–water partition coefficient (Wildman–Crippen LogP) is 0.975. The number of carboxylic acid groups (broad SMARTS) is 1. The van der Waals surface area contributed by atoms with E-state index in [-0.39, 0.29) is 28.7 Å². The van der Waals surface area contributed by atoms with Crippen LogP contribution in [0, 0.1) is 11.3 Å². The molecule has 0 atom stereocenters. The fourth-order valence-corrected chi connectivity index (χ4v) is 1.51. The minimum atomic E-state index is -1.13. The molecule has 0 aliphatic carbocycles. The molecule has 1 rings (SSSR count). The molecule has 0 aromatic carbocycles. The first-order valence-corrected chi connectivity index (χ1v) is 5.72. The van der Waals surface area contributed by atoms with E-state index >= 15 is 0 Å². The van der Waals surface area contributed by atoms with Crippen LogP contribution in [0.4, 0.5) is 5.69 Å². The number of aromatic nitrogens is 1. The van der Waals surface area contributed by atoms with Crippen LogP contribution in [-0.4, -0.2) is 33.5 Å². The zero-order chi connectivity index (χ0) is 12.7. The van der Waals surface area contributed by atoms with Gasteiger partial charge in [-0.3, -0.25) is 9.78 Å². The van der Waals surface area contributed by atoms with E-state index in [4.69, 9.17) is 10.4 Å². The van der Waals surface area contributed by atoms with Crippen LogP contribution < -0.4 is 5.32 Å². The van der Waals surface area contributed by atoms with E-state index < -0.39 is 5.97 Å². The van der Waals surface area contributed by atoms with E-state index in [0.717, 1.165) is 11.8 Å². The first kappa shape index (κ1) is 13.0. The number of anilines is 1. The molecule has 1 amide bonds. The molecule has 0 radical (unpaired) electrons. The van der Waals surface area contributed by atoms with Crippen LogP contribution in [0.5, 0.6) is 0 Å². The van der Waals surface area contributed by atoms with Crippen LogP contribution >= 0.6 is 11.8 Å². The number of hydrogen-bond donors (Lipinski definition) is 2. The van der Waals surface area contributed by atoms with Crippen LogP contribution in [0.3, 0.4) is 0 Å². The van der Waals surface area contributed by atoms with Crippen LogP contribution in [0.25, 0.3) is 0 Å². The number of carboxylic acids is 1. The van der Waals surface area contributed by atoms with Gasteiger partial charge in [0.15, 0.2) is 0 Å². The Labute approximate surface area is 102 Å². The molecule has 88 valence electrons. The van der Waals surface area contributed by atoms with Gasteiger partial charge in [0.25, 0.3) is 0 Å². The number of carbonyl (C=O) groups excluding carboxylic acids is 1. The lowest BCUT2D eigenvalue weighted by Gasteiger charge is -2.06. The van der Waals surface area contributed by atoms with Gasteiger partial charge in [0, 0.05) is 6.20 Å². The molecule has 0 spiro atoms. The highest BCUT2D eigenvalue weighted by Crippen LogP contribution is 2.13. The minimum Gasteiger partial charge on any atom is -0.478 e. The molecule has 17 heavy (non-hydrogen) atoms. The number of nitriles is 1. The molecule has 0 aliphatic rings. The third-order valence-electron chi connectivity index (χ3n) is 1.73. The Hall–Kier alpha value is -2.07. The highest BCUT2D eigenvalue weighted by molar-refractivity contribution is 8.00. The number of thioether (sulfide) groups is 1. The lowest BCUT2D eigenvalue weighted by atomic mass is 10.2. The van der Waals surface area contributed by atoms with E-state index in [9.17, 15) is 9.59 Å².